The van der Waals surface area contributed by atoms with Crippen LogP contribution in [0, 0.1) is 69.2 Å². The number of hydrogen-bond donors (Lipinski definition) is 0. The lowest BCUT2D eigenvalue weighted by molar-refractivity contribution is 1.05. The molecule has 0 amide bonds. The van der Waals surface area contributed by atoms with Crippen LogP contribution in [-0.2, 0) is 44.9 Å². The van der Waals surface area contributed by atoms with E-state index in [1.54, 1.807) is 66.5 Å². The topological polar surface area (TPSA) is 154 Å². The third-order valence-electron chi connectivity index (χ3n) is 23.2. The van der Waals surface area contributed by atoms with Crippen LogP contribution in [0.15, 0.2) is 203 Å². The zero-order valence-corrected chi connectivity index (χ0v) is 81.9. The molecule has 26 rings (SSSR count). The second-order valence-corrected chi connectivity index (χ2v) is 37.4. The first-order valence-corrected chi connectivity index (χ1v) is 49.5. The Labute approximate surface area is 772 Å². The van der Waals surface area contributed by atoms with Crippen LogP contribution in [-0.4, -0.2) is 55.3 Å². The average Bonchev–Trinajstić information content (AvgIpc) is 1.65. The molecule has 12 nitrogen and oxygen atoms in total. The van der Waals surface area contributed by atoms with Crippen LogP contribution in [0.4, 0.5) is 0 Å². The highest BCUT2D eigenvalue weighted by Gasteiger charge is 2.29. The predicted octanol–water partition coefficient (Wildman–Crippen LogP) is 29.4. The van der Waals surface area contributed by atoms with Gasteiger partial charge in [-0.05, 0) is 297 Å². The van der Waals surface area contributed by atoms with Gasteiger partial charge >= 0.3 is 0 Å². The normalized spacial score (nSPS) is 12.3. The van der Waals surface area contributed by atoms with Gasteiger partial charge in [0.2, 0.25) is 0 Å². The van der Waals surface area contributed by atoms with E-state index in [9.17, 15) is 0 Å². The van der Waals surface area contributed by atoms with Crippen LogP contribution in [0.1, 0.15) is 207 Å². The zero-order chi connectivity index (χ0) is 89.9. The molecule has 18 heteroatoms. The summed E-state index contributed by atoms with van der Waals surface area (Å²) in [5, 5.41) is 6.53. The Morgan fingerprint density at radius 1 is 0.299 bits per heavy atom. The summed E-state index contributed by atoms with van der Waals surface area (Å²) in [5.74, 6) is 0. The fourth-order valence-corrected chi connectivity index (χ4v) is 23.4. The Morgan fingerprint density at radius 2 is 0.740 bits per heavy atom. The molecule has 0 saturated carbocycles. The molecular formula is C109H112N12S6. The maximum absolute atomic E-state index is 4.36. The third-order valence-corrected chi connectivity index (χ3v) is 29.0. The molecule has 0 unspecified atom stereocenters. The van der Waals surface area contributed by atoms with Crippen molar-refractivity contribution in [2.45, 2.75) is 190 Å². The summed E-state index contributed by atoms with van der Waals surface area (Å²) < 4.78 is 8.58. The molecule has 7 aliphatic carbocycles. The fraction of sp³-hybridized carbons (Fsp3) is 0.266. The summed E-state index contributed by atoms with van der Waals surface area (Å²) in [5.41, 5.74) is 47.5. The summed E-state index contributed by atoms with van der Waals surface area (Å²) in [6.45, 7) is 43.7. The number of nitrogens with zero attached hydrogens (tertiary/aromatic N) is 12. The Kier molecular flexibility index (Phi) is 30.0. The molecule has 644 valence electrons. The summed E-state index contributed by atoms with van der Waals surface area (Å²) >= 11 is 10.7. The minimum absolute atomic E-state index is 0.611. The van der Waals surface area contributed by atoms with Gasteiger partial charge in [-0.25, -0.2) is 0 Å². The SMILES string of the molecule is CC.CC.CC.CC.CC.CC1=Cc2cc3c(cc2C1)C=CC3.Cc1c2nccnc2c(C)c2nccnc12.Cc1c2nccnc2c(C)c2nsnc12.Cc1cc2c(s1)-c1cc3c(cc1C2)-c1sccc1C3.Cc1cc2c(s1)-c1sccc1C2.Cc1ccc2c(c1)Cc1cc3c(cc1-2)Cc1ccccc1-3.Cc1cccc2c1=NCN=2.Cc1sc(C)c2nccnc12. The average molecular weight is 1780 g/mol. The number of fused-ring (bicyclic) bond motifs is 23. The van der Waals surface area contributed by atoms with Crippen LogP contribution in [0.5, 0.6) is 0 Å². The number of allylic oxidation sites excluding steroid dienone is 2. The highest BCUT2D eigenvalue weighted by Crippen LogP contribution is 2.50. The zero-order valence-electron chi connectivity index (χ0n) is 77.0. The molecule has 0 radical (unpaired) electrons. The van der Waals surface area contributed by atoms with E-state index in [4.69, 9.17) is 0 Å². The lowest BCUT2D eigenvalue weighted by Crippen LogP contribution is -2.23. The van der Waals surface area contributed by atoms with Crippen molar-refractivity contribution in [2.24, 2.45) is 9.98 Å². The Balaban J connectivity index is 0.000000117. The molecule has 11 heterocycles. The van der Waals surface area contributed by atoms with Crippen molar-refractivity contribution in [1.29, 1.82) is 0 Å². The number of thiophene rings is 5. The van der Waals surface area contributed by atoms with E-state index < -0.39 is 0 Å². The van der Waals surface area contributed by atoms with E-state index in [2.05, 4.69) is 245 Å². The van der Waals surface area contributed by atoms with Gasteiger partial charge in [0.1, 0.15) is 28.7 Å². The lowest BCUT2D eigenvalue weighted by Gasteiger charge is -2.07. The maximum atomic E-state index is 4.36. The molecule has 10 aromatic heterocycles. The second kappa shape index (κ2) is 41.5. The van der Waals surface area contributed by atoms with Gasteiger partial charge in [-0.15, -0.1) is 56.7 Å². The highest BCUT2D eigenvalue weighted by molar-refractivity contribution is 7.22. The monoisotopic (exact) mass is 1780 g/mol. The first-order chi connectivity index (χ1) is 62.0. The summed E-state index contributed by atoms with van der Waals surface area (Å²) in [6.07, 6.45) is 28.4. The number of para-hydroxylation sites is 1. The molecule has 1 aliphatic heterocycles. The molecule has 8 aliphatic rings. The van der Waals surface area contributed by atoms with Gasteiger partial charge < -0.3 is 0 Å². The molecule has 0 saturated heterocycles. The van der Waals surface area contributed by atoms with Gasteiger partial charge in [0.15, 0.2) is 0 Å². The molecule has 0 spiro atoms. The summed E-state index contributed by atoms with van der Waals surface area (Å²) in [7, 11) is 0. The maximum Gasteiger partial charge on any atom is 0.130 e. The minimum atomic E-state index is 0.611. The van der Waals surface area contributed by atoms with Crippen molar-refractivity contribution < 1.29 is 0 Å². The van der Waals surface area contributed by atoms with Gasteiger partial charge in [-0.1, -0.05) is 165 Å². The van der Waals surface area contributed by atoms with Crippen molar-refractivity contribution in [3.8, 4) is 52.9 Å². The third kappa shape index (κ3) is 19.0. The van der Waals surface area contributed by atoms with Crippen LogP contribution in [0.2, 0.25) is 0 Å². The Bertz CT molecular complexity index is 7060. The Hall–Kier alpha value is -11.5. The number of aromatic nitrogens is 10. The molecule has 0 N–H and O–H groups in total. The highest BCUT2D eigenvalue weighted by atomic mass is 32.1. The quantitative estimate of drug-likeness (QED) is 0.134. The van der Waals surface area contributed by atoms with Gasteiger partial charge in [0, 0.05) is 117 Å². The van der Waals surface area contributed by atoms with Crippen LogP contribution >= 0.6 is 68.4 Å². The van der Waals surface area contributed by atoms with E-state index in [1.807, 2.05) is 154 Å². The molecule has 18 aromatic rings. The van der Waals surface area contributed by atoms with Gasteiger partial charge in [0.25, 0.3) is 0 Å². The fourth-order valence-electron chi connectivity index (χ4n) is 17.6. The second-order valence-electron chi connectivity index (χ2n) is 31.1. The van der Waals surface area contributed by atoms with Gasteiger partial charge in [-0.3, -0.25) is 49.9 Å². The largest absolute Gasteiger partial charge is 0.260 e. The van der Waals surface area contributed by atoms with E-state index in [0.29, 0.717) is 6.67 Å². The number of hydrogen-bond acceptors (Lipinski definition) is 18. The first kappa shape index (κ1) is 91.7. The molecule has 0 fully saturated rings. The first-order valence-electron chi connectivity index (χ1n) is 44.6. The summed E-state index contributed by atoms with van der Waals surface area (Å²) in [4.78, 5) is 54.5. The van der Waals surface area contributed by atoms with Crippen molar-refractivity contribution in [3.63, 3.8) is 0 Å². The van der Waals surface area contributed by atoms with Crippen LogP contribution < -0.4 is 10.7 Å². The number of aryl methyl sites for hydroxylation is 10. The molecule has 0 atom stereocenters. The number of benzene rings is 8. The van der Waals surface area contributed by atoms with Gasteiger partial charge in [-0.2, -0.15) is 8.75 Å². The van der Waals surface area contributed by atoms with E-state index in [0.717, 1.165) is 127 Å². The van der Waals surface area contributed by atoms with Crippen molar-refractivity contribution in [1.82, 2.24) is 48.6 Å². The number of rotatable bonds is 0. The predicted molar refractivity (Wildman–Crippen MR) is 547 cm³/mol. The van der Waals surface area contributed by atoms with Gasteiger partial charge in [0.05, 0.1) is 55.5 Å². The smallest absolute Gasteiger partial charge is 0.130 e. The molecular weight excluding hydrogens is 1670 g/mol. The lowest BCUT2D eigenvalue weighted by atomic mass is 9.98. The van der Waals surface area contributed by atoms with Crippen LogP contribution in [0.25, 0.3) is 120 Å². The van der Waals surface area contributed by atoms with Crippen LogP contribution in [0.3, 0.4) is 0 Å². The van der Waals surface area contributed by atoms with E-state index in [1.165, 1.54) is 180 Å². The Morgan fingerprint density at radius 3 is 1.31 bits per heavy atom. The van der Waals surface area contributed by atoms with Crippen molar-refractivity contribution >= 4 is 136 Å². The van der Waals surface area contributed by atoms with E-state index in [-0.39, 0.29) is 0 Å². The molecule has 127 heavy (non-hydrogen) atoms. The molecule has 8 aromatic carbocycles. The minimum Gasteiger partial charge on any atom is -0.260 e. The summed E-state index contributed by atoms with van der Waals surface area (Å²) in [6, 6.07) is 45.5. The van der Waals surface area contributed by atoms with Crippen molar-refractivity contribution in [2.75, 3.05) is 6.67 Å². The van der Waals surface area contributed by atoms with E-state index >= 15 is 0 Å². The standard InChI is InChI=1S/C21H16.C17H12S2.C13H12.C12H10N4.C10H8N4S.C10H8S2.C8H8N2S.C8H8N2.5C2H6/c1-13-6-7-19-15(8-13)10-17-12-20-16(11-21(17)19)9-14-4-2-3-5-18(14)20;1-9-4-13-6-12-7-14-11(8-15(12)17(13)19-9)5-10-2-3-18-16(10)14;1-9-5-12-7-10-3-2-4-11(10)8-13(12)6-9;1-7-9-11(15-5-3-13-9)8(2)12-10(7)14-4-6-16-12;1-5-7-8(12-4-3-11-7)6(2)10-9(5)13-15-14-10;1-6-4-8-5-7-2-3-11-9(7)10(8)12-6;1-5-7-8(6(2)11-5)10-4-3-9-7;1-6-3-2-4-7-8(6)10-5-9-7;5*1-2/h2-8,11-12H,9-10H2,1H3;2-4,7-8H,5-6H2,1H3;2-3,6-8H,4-5H2,1H3;3-6H,1-2H3;3-4H,1-2H3;2-4H,5H2,1H3;3-4H,1-2H3;2-4H,5H2,1H3;5*1-2H3. The van der Waals surface area contributed by atoms with Crippen molar-refractivity contribution in [3.05, 3.63) is 335 Å². The molecule has 0 bridgehead atoms.